The van der Waals surface area contributed by atoms with Gasteiger partial charge >= 0.3 is 12.3 Å². The standard InChI is InChI=1S/C23H24F3N3O5/c1-12(2)28-18-9-15(21(31)27-17-6-7-33-11-20(17)30)16(24)10-19(18)29(23(28)32)13-4-3-5-14(8-13)34-22(25)26/h3-5,8-10,12,17,20,22,30H,6-7,11H2,1-2H3,(H,27,31)/t17-,20-/m0/s1. The predicted octanol–water partition coefficient (Wildman–Crippen LogP) is 2.99. The van der Waals surface area contributed by atoms with Crippen LogP contribution < -0.4 is 15.7 Å². The van der Waals surface area contributed by atoms with Gasteiger partial charge in [0.1, 0.15) is 11.6 Å². The molecule has 2 aromatic carbocycles. The number of hydrogen-bond donors (Lipinski definition) is 2. The Kier molecular flexibility index (Phi) is 6.67. The first-order valence-electron chi connectivity index (χ1n) is 10.8. The van der Waals surface area contributed by atoms with Crippen molar-refractivity contribution in [3.8, 4) is 11.4 Å². The largest absolute Gasteiger partial charge is 0.435 e. The Morgan fingerprint density at radius 3 is 2.68 bits per heavy atom. The molecule has 1 aliphatic heterocycles. The highest BCUT2D eigenvalue weighted by Crippen LogP contribution is 2.26. The number of amides is 1. The van der Waals surface area contributed by atoms with Crippen LogP contribution in [0, 0.1) is 5.82 Å². The van der Waals surface area contributed by atoms with Crippen LogP contribution in [0.1, 0.15) is 36.7 Å². The van der Waals surface area contributed by atoms with Crippen LogP contribution in [0.15, 0.2) is 41.2 Å². The molecule has 3 aromatic rings. The van der Waals surface area contributed by atoms with E-state index in [-0.39, 0.29) is 35.2 Å². The maximum Gasteiger partial charge on any atom is 0.387 e. The molecular formula is C23H24F3N3O5. The van der Waals surface area contributed by atoms with E-state index in [1.165, 1.54) is 39.5 Å². The fourth-order valence-corrected chi connectivity index (χ4v) is 4.10. The van der Waals surface area contributed by atoms with Crippen LogP contribution in [0.2, 0.25) is 0 Å². The number of benzene rings is 2. The molecule has 1 aromatic heterocycles. The fraction of sp³-hybridized carbons (Fsp3) is 0.391. The smallest absolute Gasteiger partial charge is 0.387 e. The summed E-state index contributed by atoms with van der Waals surface area (Å²) in [6, 6.07) is 6.92. The lowest BCUT2D eigenvalue weighted by atomic mass is 10.1. The number of carbonyl (C=O) groups is 1. The van der Waals surface area contributed by atoms with Gasteiger partial charge in [-0.05, 0) is 38.5 Å². The van der Waals surface area contributed by atoms with Gasteiger partial charge in [0.2, 0.25) is 0 Å². The quantitative estimate of drug-likeness (QED) is 0.567. The van der Waals surface area contributed by atoms with Crippen LogP contribution in [0.4, 0.5) is 13.2 Å². The molecule has 8 nitrogen and oxygen atoms in total. The van der Waals surface area contributed by atoms with Crippen molar-refractivity contribution in [2.24, 2.45) is 0 Å². The molecule has 0 aliphatic carbocycles. The maximum absolute atomic E-state index is 15.1. The highest BCUT2D eigenvalue weighted by Gasteiger charge is 2.28. The number of alkyl halides is 2. The Labute approximate surface area is 192 Å². The number of hydrogen-bond acceptors (Lipinski definition) is 5. The van der Waals surface area contributed by atoms with Crippen LogP contribution in [-0.4, -0.2) is 52.1 Å². The fourth-order valence-electron chi connectivity index (χ4n) is 4.10. The average Bonchev–Trinajstić information content (AvgIpc) is 3.05. The Bertz CT molecular complexity index is 1270. The average molecular weight is 479 g/mol. The molecule has 0 unspecified atom stereocenters. The minimum atomic E-state index is -3.04. The zero-order valence-electron chi connectivity index (χ0n) is 18.5. The number of aromatic nitrogens is 2. The molecule has 0 saturated carbocycles. The van der Waals surface area contributed by atoms with Gasteiger partial charge in [-0.3, -0.25) is 13.9 Å². The molecule has 1 fully saturated rings. The van der Waals surface area contributed by atoms with Crippen molar-refractivity contribution in [2.75, 3.05) is 13.2 Å². The SMILES string of the molecule is CC(C)n1c(=O)n(-c2cccc(OC(F)F)c2)c2cc(F)c(C(=O)N[C@H]3CCOC[C@@H]3O)cc21. The first kappa shape index (κ1) is 23.8. The van der Waals surface area contributed by atoms with Crippen LogP contribution in [0.3, 0.4) is 0 Å². The van der Waals surface area contributed by atoms with E-state index >= 15 is 4.39 Å². The first-order chi connectivity index (χ1) is 16.2. The molecule has 2 heterocycles. The minimum absolute atomic E-state index is 0.0660. The van der Waals surface area contributed by atoms with Crippen molar-refractivity contribution in [1.82, 2.24) is 14.5 Å². The number of nitrogens with one attached hydrogen (secondary N) is 1. The third-order valence-electron chi connectivity index (χ3n) is 5.67. The van der Waals surface area contributed by atoms with Gasteiger partial charge in [0.05, 0.1) is 41.0 Å². The minimum Gasteiger partial charge on any atom is -0.435 e. The second kappa shape index (κ2) is 9.51. The van der Waals surface area contributed by atoms with Gasteiger partial charge in [0.15, 0.2) is 0 Å². The van der Waals surface area contributed by atoms with E-state index in [9.17, 15) is 23.5 Å². The predicted molar refractivity (Wildman–Crippen MR) is 117 cm³/mol. The second-order valence-electron chi connectivity index (χ2n) is 8.29. The van der Waals surface area contributed by atoms with Crippen molar-refractivity contribution in [2.45, 2.75) is 45.1 Å². The van der Waals surface area contributed by atoms with Gasteiger partial charge in [0.25, 0.3) is 5.91 Å². The number of imidazole rings is 1. The van der Waals surface area contributed by atoms with Crippen LogP contribution in [0.5, 0.6) is 5.75 Å². The van der Waals surface area contributed by atoms with E-state index in [1.807, 2.05) is 0 Å². The molecule has 0 radical (unpaired) electrons. The second-order valence-corrected chi connectivity index (χ2v) is 8.29. The number of aliphatic hydroxyl groups excluding tert-OH is 1. The molecule has 11 heteroatoms. The topological polar surface area (TPSA) is 94.7 Å². The number of nitrogens with zero attached hydrogens (tertiary/aromatic N) is 2. The van der Waals surface area contributed by atoms with E-state index in [0.717, 1.165) is 6.07 Å². The molecule has 2 N–H and O–H groups in total. The van der Waals surface area contributed by atoms with Gasteiger partial charge in [0, 0.05) is 24.8 Å². The molecule has 1 saturated heterocycles. The highest BCUT2D eigenvalue weighted by molar-refractivity contribution is 5.98. The zero-order valence-corrected chi connectivity index (χ0v) is 18.5. The Balaban J connectivity index is 1.81. The monoisotopic (exact) mass is 479 g/mol. The van der Waals surface area contributed by atoms with E-state index in [4.69, 9.17) is 4.74 Å². The summed E-state index contributed by atoms with van der Waals surface area (Å²) < 4.78 is 52.6. The number of fused-ring (bicyclic) bond motifs is 1. The van der Waals surface area contributed by atoms with Crippen LogP contribution in [0.25, 0.3) is 16.7 Å². The van der Waals surface area contributed by atoms with Crippen molar-refractivity contribution in [3.63, 3.8) is 0 Å². The number of halogens is 3. The molecule has 182 valence electrons. The highest BCUT2D eigenvalue weighted by atomic mass is 19.3. The van der Waals surface area contributed by atoms with Gasteiger partial charge in [-0.15, -0.1) is 0 Å². The van der Waals surface area contributed by atoms with E-state index in [1.54, 1.807) is 13.8 Å². The van der Waals surface area contributed by atoms with Gasteiger partial charge in [-0.2, -0.15) is 8.78 Å². The van der Waals surface area contributed by atoms with Crippen molar-refractivity contribution < 1.29 is 32.5 Å². The molecule has 0 spiro atoms. The van der Waals surface area contributed by atoms with Gasteiger partial charge < -0.3 is 19.9 Å². The summed E-state index contributed by atoms with van der Waals surface area (Å²) in [5.41, 5.74) is -0.162. The van der Waals surface area contributed by atoms with Gasteiger partial charge in [-0.25, -0.2) is 9.18 Å². The van der Waals surface area contributed by atoms with Crippen LogP contribution >= 0.6 is 0 Å². The molecule has 1 amide bonds. The summed E-state index contributed by atoms with van der Waals surface area (Å²) >= 11 is 0. The normalized spacial score (nSPS) is 18.6. The summed E-state index contributed by atoms with van der Waals surface area (Å²) in [6.07, 6.45) is -0.539. The van der Waals surface area contributed by atoms with Crippen molar-refractivity contribution in [3.05, 3.63) is 58.3 Å². The molecule has 0 bridgehead atoms. The molecule has 4 rings (SSSR count). The first-order valence-corrected chi connectivity index (χ1v) is 10.8. The Hall–Kier alpha value is -3.31. The summed E-state index contributed by atoms with van der Waals surface area (Å²) in [6.45, 7) is 0.882. The lowest BCUT2D eigenvalue weighted by Crippen LogP contribution is -2.48. The lowest BCUT2D eigenvalue weighted by Gasteiger charge is -2.28. The molecule has 2 atom stereocenters. The molecular weight excluding hydrogens is 455 g/mol. The molecule has 34 heavy (non-hydrogen) atoms. The third-order valence-corrected chi connectivity index (χ3v) is 5.67. The molecule has 1 aliphatic rings. The number of aliphatic hydroxyl groups is 1. The van der Waals surface area contributed by atoms with Crippen molar-refractivity contribution in [1.29, 1.82) is 0 Å². The Morgan fingerprint density at radius 1 is 1.24 bits per heavy atom. The third kappa shape index (κ3) is 4.53. The maximum atomic E-state index is 15.1. The zero-order chi connectivity index (χ0) is 24.6. The summed E-state index contributed by atoms with van der Waals surface area (Å²) in [7, 11) is 0. The van der Waals surface area contributed by atoms with E-state index in [2.05, 4.69) is 10.1 Å². The summed E-state index contributed by atoms with van der Waals surface area (Å²) in [5.74, 6) is -1.76. The lowest BCUT2D eigenvalue weighted by molar-refractivity contribution is -0.0498. The number of ether oxygens (including phenoxy) is 2. The number of rotatable bonds is 6. The summed E-state index contributed by atoms with van der Waals surface area (Å²) in [4.78, 5) is 26.1. The summed E-state index contributed by atoms with van der Waals surface area (Å²) in [5, 5.41) is 12.7. The van der Waals surface area contributed by atoms with Crippen molar-refractivity contribution >= 4 is 16.9 Å². The van der Waals surface area contributed by atoms with Gasteiger partial charge in [-0.1, -0.05) is 6.07 Å². The number of carbonyl (C=O) groups excluding carboxylic acids is 1. The van der Waals surface area contributed by atoms with E-state index < -0.39 is 36.2 Å². The Morgan fingerprint density at radius 2 is 2.00 bits per heavy atom. The van der Waals surface area contributed by atoms with Crippen LogP contribution in [-0.2, 0) is 4.74 Å². The van der Waals surface area contributed by atoms with E-state index in [0.29, 0.717) is 18.5 Å².